The summed E-state index contributed by atoms with van der Waals surface area (Å²) in [6, 6.07) is 15.8. The van der Waals surface area contributed by atoms with Gasteiger partial charge in [0.15, 0.2) is 0 Å². The quantitative estimate of drug-likeness (QED) is 0.816. The molecule has 0 N–H and O–H groups in total. The van der Waals surface area contributed by atoms with Crippen LogP contribution in [0.25, 0.3) is 0 Å². The lowest BCUT2D eigenvalue weighted by Crippen LogP contribution is -2.25. The van der Waals surface area contributed by atoms with Crippen molar-refractivity contribution in [3.63, 3.8) is 0 Å². The normalized spacial score (nSPS) is 24.5. The molecule has 0 heterocycles. The van der Waals surface area contributed by atoms with Gasteiger partial charge in [0.2, 0.25) is 0 Å². The van der Waals surface area contributed by atoms with Gasteiger partial charge in [0.1, 0.15) is 0 Å². The lowest BCUT2D eigenvalue weighted by Gasteiger charge is -2.23. The molecule has 0 bridgehead atoms. The first-order chi connectivity index (χ1) is 10.4. The first-order valence-corrected chi connectivity index (χ1v) is 7.25. The predicted molar refractivity (Wildman–Crippen MR) is 80.8 cm³/mol. The third-order valence-electron chi connectivity index (χ3n) is 4.54. The Bertz CT molecular complexity index is 664. The monoisotopic (exact) mass is 305 g/mol. The molecule has 1 nitrogen and oxygen atoms in total. The van der Waals surface area contributed by atoms with E-state index < -0.39 is 11.7 Å². The molecule has 2 atom stereocenters. The van der Waals surface area contributed by atoms with Crippen molar-refractivity contribution in [1.82, 2.24) is 4.90 Å². The minimum absolute atomic E-state index is 0.221. The lowest BCUT2D eigenvalue weighted by atomic mass is 9.86. The van der Waals surface area contributed by atoms with Crippen molar-refractivity contribution in [2.45, 2.75) is 24.1 Å². The van der Waals surface area contributed by atoms with Gasteiger partial charge in [-0.3, -0.25) is 0 Å². The van der Waals surface area contributed by atoms with E-state index in [9.17, 15) is 13.2 Å². The Morgan fingerprint density at radius 3 is 2.14 bits per heavy atom. The van der Waals surface area contributed by atoms with Crippen LogP contribution in [-0.4, -0.2) is 25.0 Å². The number of likely N-dealkylation sites (N-methyl/N-ethyl adjacent to an activating group) is 1. The molecule has 1 saturated carbocycles. The van der Waals surface area contributed by atoms with E-state index in [2.05, 4.69) is 4.90 Å². The molecule has 1 fully saturated rings. The topological polar surface area (TPSA) is 3.24 Å². The molecule has 2 aromatic rings. The van der Waals surface area contributed by atoms with Crippen molar-refractivity contribution in [2.75, 3.05) is 14.1 Å². The van der Waals surface area contributed by atoms with E-state index in [0.29, 0.717) is 0 Å². The summed E-state index contributed by atoms with van der Waals surface area (Å²) in [4.78, 5) is 2.09. The molecule has 0 radical (unpaired) electrons. The van der Waals surface area contributed by atoms with Crippen LogP contribution in [-0.2, 0) is 11.6 Å². The van der Waals surface area contributed by atoms with E-state index in [-0.39, 0.29) is 11.5 Å². The molecule has 0 aliphatic heterocycles. The summed E-state index contributed by atoms with van der Waals surface area (Å²) >= 11 is 0. The summed E-state index contributed by atoms with van der Waals surface area (Å²) in [7, 11) is 3.95. The first kappa shape index (κ1) is 15.1. The second kappa shape index (κ2) is 5.13. The number of benzene rings is 2. The largest absolute Gasteiger partial charge is 0.416 e. The fraction of sp³-hybridized carbons (Fsp3) is 0.333. The molecular formula is C18H18F3N. The molecule has 22 heavy (non-hydrogen) atoms. The molecule has 0 amide bonds. The Kier molecular flexibility index (Phi) is 3.52. The molecule has 0 saturated heterocycles. The van der Waals surface area contributed by atoms with Crippen molar-refractivity contribution in [2.24, 2.45) is 0 Å². The van der Waals surface area contributed by atoms with E-state index in [1.165, 1.54) is 12.1 Å². The van der Waals surface area contributed by atoms with Gasteiger partial charge < -0.3 is 4.90 Å². The predicted octanol–water partition coefficient (Wildman–Crippen LogP) is 4.33. The maximum absolute atomic E-state index is 13.0. The van der Waals surface area contributed by atoms with E-state index in [0.717, 1.165) is 23.6 Å². The molecule has 2 aromatic carbocycles. The Balaban J connectivity index is 2.10. The zero-order chi connectivity index (χ0) is 16.0. The van der Waals surface area contributed by atoms with Crippen LogP contribution in [0.4, 0.5) is 13.2 Å². The number of alkyl halides is 3. The molecule has 4 heteroatoms. The van der Waals surface area contributed by atoms with Gasteiger partial charge in [-0.1, -0.05) is 48.5 Å². The van der Waals surface area contributed by atoms with Gasteiger partial charge in [-0.15, -0.1) is 0 Å². The standard InChI is InChI=1S/C18H18F3N/c1-22(2)16-12-17(16,13-7-4-3-5-8-13)14-9-6-10-15(11-14)18(19,20)21/h3-11,16H,12H2,1-2H3. The molecule has 1 aliphatic carbocycles. The zero-order valence-corrected chi connectivity index (χ0v) is 12.6. The van der Waals surface area contributed by atoms with Gasteiger partial charge in [0.05, 0.1) is 5.56 Å². The maximum Gasteiger partial charge on any atom is 0.416 e. The van der Waals surface area contributed by atoms with Crippen molar-refractivity contribution in [3.8, 4) is 0 Å². The molecule has 2 unspecified atom stereocenters. The van der Waals surface area contributed by atoms with Crippen LogP contribution in [0.15, 0.2) is 54.6 Å². The second-order valence-electron chi connectivity index (χ2n) is 6.10. The minimum atomic E-state index is -4.31. The molecular weight excluding hydrogens is 287 g/mol. The van der Waals surface area contributed by atoms with Crippen LogP contribution in [0.1, 0.15) is 23.1 Å². The fourth-order valence-corrected chi connectivity index (χ4v) is 3.37. The fourth-order valence-electron chi connectivity index (χ4n) is 3.37. The highest BCUT2D eigenvalue weighted by molar-refractivity contribution is 5.50. The van der Waals surface area contributed by atoms with Gasteiger partial charge in [0, 0.05) is 11.5 Å². The number of halogens is 3. The number of hydrogen-bond acceptors (Lipinski definition) is 1. The van der Waals surface area contributed by atoms with Crippen molar-refractivity contribution in [3.05, 3.63) is 71.3 Å². The Morgan fingerprint density at radius 1 is 0.955 bits per heavy atom. The summed E-state index contributed by atoms with van der Waals surface area (Å²) in [6.07, 6.45) is -3.47. The SMILES string of the molecule is CN(C)C1CC1(c1ccccc1)c1cccc(C(F)(F)F)c1. The van der Waals surface area contributed by atoms with Crippen molar-refractivity contribution < 1.29 is 13.2 Å². The summed E-state index contributed by atoms with van der Waals surface area (Å²) in [5.41, 5.74) is 0.899. The Hall–Kier alpha value is -1.81. The second-order valence-corrected chi connectivity index (χ2v) is 6.10. The smallest absolute Gasteiger partial charge is 0.305 e. The summed E-state index contributed by atoms with van der Waals surface area (Å²) in [5.74, 6) is 0. The number of nitrogens with zero attached hydrogens (tertiary/aromatic N) is 1. The van der Waals surface area contributed by atoms with E-state index in [4.69, 9.17) is 0 Å². The average molecular weight is 305 g/mol. The average Bonchev–Trinajstić information content (AvgIpc) is 3.25. The van der Waals surface area contributed by atoms with Crippen molar-refractivity contribution in [1.29, 1.82) is 0 Å². The maximum atomic E-state index is 13.0. The van der Waals surface area contributed by atoms with Crippen LogP contribution in [0.5, 0.6) is 0 Å². The summed E-state index contributed by atoms with van der Waals surface area (Å²) in [6.45, 7) is 0. The van der Waals surface area contributed by atoms with Gasteiger partial charge in [-0.05, 0) is 37.7 Å². The van der Waals surface area contributed by atoms with Gasteiger partial charge in [0.25, 0.3) is 0 Å². The highest BCUT2D eigenvalue weighted by Gasteiger charge is 2.57. The molecule has 0 aromatic heterocycles. The van der Waals surface area contributed by atoms with Crippen LogP contribution < -0.4 is 0 Å². The highest BCUT2D eigenvalue weighted by Crippen LogP contribution is 2.56. The van der Waals surface area contributed by atoms with Crippen LogP contribution in [0.3, 0.4) is 0 Å². The van der Waals surface area contributed by atoms with E-state index in [1.54, 1.807) is 0 Å². The van der Waals surface area contributed by atoms with Gasteiger partial charge in [-0.25, -0.2) is 0 Å². The summed E-state index contributed by atoms with van der Waals surface area (Å²) in [5, 5.41) is 0. The number of hydrogen-bond donors (Lipinski definition) is 0. The zero-order valence-electron chi connectivity index (χ0n) is 12.6. The molecule has 116 valence electrons. The Morgan fingerprint density at radius 2 is 1.59 bits per heavy atom. The van der Waals surface area contributed by atoms with Crippen LogP contribution in [0, 0.1) is 0 Å². The highest BCUT2D eigenvalue weighted by atomic mass is 19.4. The summed E-state index contributed by atoms with van der Waals surface area (Å²) < 4.78 is 39.1. The van der Waals surface area contributed by atoms with Crippen LogP contribution >= 0.6 is 0 Å². The van der Waals surface area contributed by atoms with Gasteiger partial charge in [-0.2, -0.15) is 13.2 Å². The van der Waals surface area contributed by atoms with E-state index in [1.807, 2.05) is 50.5 Å². The van der Waals surface area contributed by atoms with Crippen molar-refractivity contribution >= 4 is 0 Å². The molecule has 1 aliphatic rings. The number of rotatable bonds is 3. The van der Waals surface area contributed by atoms with E-state index >= 15 is 0 Å². The third-order valence-corrected chi connectivity index (χ3v) is 4.54. The van der Waals surface area contributed by atoms with Gasteiger partial charge >= 0.3 is 6.18 Å². The molecule has 3 rings (SSSR count). The Labute approximate surface area is 128 Å². The third kappa shape index (κ3) is 2.41. The first-order valence-electron chi connectivity index (χ1n) is 7.25. The minimum Gasteiger partial charge on any atom is -0.305 e. The van der Waals surface area contributed by atoms with Crippen LogP contribution in [0.2, 0.25) is 0 Å². The molecule has 0 spiro atoms. The lowest BCUT2D eigenvalue weighted by molar-refractivity contribution is -0.137.